The summed E-state index contributed by atoms with van der Waals surface area (Å²) in [5, 5.41) is 0. The molecule has 1 aromatic rings. The van der Waals surface area contributed by atoms with Crippen LogP contribution in [0, 0.1) is 6.92 Å². The SMILES string of the molecule is C=CCN(C(C)(C)C)S(=O)(=O)c1cc(CN)oc1C. The maximum atomic E-state index is 12.7. The van der Waals surface area contributed by atoms with E-state index in [0.717, 1.165) is 0 Å². The second-order valence-electron chi connectivity index (χ2n) is 5.33. The van der Waals surface area contributed by atoms with Gasteiger partial charge in [-0.25, -0.2) is 8.42 Å². The number of rotatable bonds is 5. The fourth-order valence-electron chi connectivity index (χ4n) is 1.85. The second kappa shape index (κ2) is 5.48. The summed E-state index contributed by atoms with van der Waals surface area (Å²) >= 11 is 0. The summed E-state index contributed by atoms with van der Waals surface area (Å²) in [6.07, 6.45) is 1.57. The van der Waals surface area contributed by atoms with Crippen molar-refractivity contribution in [1.29, 1.82) is 0 Å². The molecule has 5 nitrogen and oxygen atoms in total. The van der Waals surface area contributed by atoms with E-state index in [-0.39, 0.29) is 18.0 Å². The molecule has 0 unspecified atom stereocenters. The Hall–Kier alpha value is -1.11. The lowest BCUT2D eigenvalue weighted by Gasteiger charge is -2.33. The van der Waals surface area contributed by atoms with Crippen molar-refractivity contribution >= 4 is 10.0 Å². The van der Waals surface area contributed by atoms with Gasteiger partial charge in [0.15, 0.2) is 0 Å². The third-order valence-electron chi connectivity index (χ3n) is 2.74. The lowest BCUT2D eigenvalue weighted by molar-refractivity contribution is 0.269. The molecule has 0 aliphatic heterocycles. The Morgan fingerprint density at radius 3 is 2.42 bits per heavy atom. The van der Waals surface area contributed by atoms with Gasteiger partial charge in [0.05, 0.1) is 6.54 Å². The predicted octanol–water partition coefficient (Wildman–Crippen LogP) is 2.02. The van der Waals surface area contributed by atoms with E-state index < -0.39 is 15.6 Å². The smallest absolute Gasteiger partial charge is 0.247 e. The molecular formula is C13H22N2O3S. The van der Waals surface area contributed by atoms with Crippen LogP contribution in [-0.4, -0.2) is 24.8 Å². The molecule has 1 aromatic heterocycles. The Morgan fingerprint density at radius 2 is 2.05 bits per heavy atom. The normalized spacial score (nSPS) is 12.9. The first-order valence-corrected chi connectivity index (χ1v) is 7.51. The zero-order valence-electron chi connectivity index (χ0n) is 11.9. The number of aryl methyl sites for hydroxylation is 1. The number of hydrogen-bond acceptors (Lipinski definition) is 4. The Kier molecular flexibility index (Phi) is 4.60. The molecule has 0 aliphatic carbocycles. The monoisotopic (exact) mass is 286 g/mol. The summed E-state index contributed by atoms with van der Waals surface area (Å²) in [7, 11) is -3.63. The van der Waals surface area contributed by atoms with Crippen molar-refractivity contribution in [3.8, 4) is 0 Å². The number of nitrogens with two attached hydrogens (primary N) is 1. The standard InChI is InChI=1S/C13H22N2O3S/c1-6-7-15(13(3,4)5)19(16,17)12-8-11(9-14)18-10(12)2/h6,8H,1,7,9,14H2,2-5H3. The number of nitrogens with zero attached hydrogens (tertiary/aromatic N) is 1. The van der Waals surface area contributed by atoms with Gasteiger partial charge in [-0.3, -0.25) is 0 Å². The maximum Gasteiger partial charge on any atom is 0.247 e. The van der Waals surface area contributed by atoms with Gasteiger partial charge in [-0.05, 0) is 27.7 Å². The predicted molar refractivity (Wildman–Crippen MR) is 75.2 cm³/mol. The second-order valence-corrected chi connectivity index (χ2v) is 7.16. The highest BCUT2D eigenvalue weighted by Gasteiger charge is 2.35. The van der Waals surface area contributed by atoms with E-state index in [1.54, 1.807) is 13.0 Å². The molecule has 1 heterocycles. The van der Waals surface area contributed by atoms with Crippen LogP contribution in [0.15, 0.2) is 28.0 Å². The Morgan fingerprint density at radius 1 is 1.47 bits per heavy atom. The fraction of sp³-hybridized carbons (Fsp3) is 0.538. The Labute approximate surface area is 115 Å². The van der Waals surface area contributed by atoms with Gasteiger partial charge in [-0.2, -0.15) is 4.31 Å². The first-order chi connectivity index (χ1) is 8.64. The van der Waals surface area contributed by atoms with Gasteiger partial charge < -0.3 is 10.2 Å². The molecule has 0 saturated heterocycles. The summed E-state index contributed by atoms with van der Waals surface area (Å²) in [6, 6.07) is 1.49. The molecule has 1 rings (SSSR count). The average Bonchev–Trinajstić information content (AvgIpc) is 2.66. The van der Waals surface area contributed by atoms with Crippen LogP contribution in [0.2, 0.25) is 0 Å². The van der Waals surface area contributed by atoms with E-state index in [1.807, 2.05) is 20.8 Å². The van der Waals surface area contributed by atoms with Crippen LogP contribution in [0.25, 0.3) is 0 Å². The zero-order chi connectivity index (χ0) is 14.8. The van der Waals surface area contributed by atoms with Crippen LogP contribution < -0.4 is 5.73 Å². The van der Waals surface area contributed by atoms with Crippen LogP contribution in [0.5, 0.6) is 0 Å². The summed E-state index contributed by atoms with van der Waals surface area (Å²) in [4.78, 5) is 0.171. The van der Waals surface area contributed by atoms with Gasteiger partial charge in [0.1, 0.15) is 16.4 Å². The van der Waals surface area contributed by atoms with Crippen molar-refractivity contribution < 1.29 is 12.8 Å². The van der Waals surface area contributed by atoms with Gasteiger partial charge in [0, 0.05) is 18.2 Å². The third-order valence-corrected chi connectivity index (χ3v) is 4.97. The minimum absolute atomic E-state index is 0.171. The summed E-state index contributed by atoms with van der Waals surface area (Å²) < 4.78 is 32.1. The van der Waals surface area contributed by atoms with Gasteiger partial charge in [0.2, 0.25) is 10.0 Å². The van der Waals surface area contributed by atoms with E-state index in [2.05, 4.69) is 6.58 Å². The first-order valence-electron chi connectivity index (χ1n) is 6.07. The molecule has 6 heteroatoms. The molecule has 19 heavy (non-hydrogen) atoms. The van der Waals surface area contributed by atoms with Gasteiger partial charge in [0.25, 0.3) is 0 Å². The lowest BCUT2D eigenvalue weighted by Crippen LogP contribution is -2.45. The summed E-state index contributed by atoms with van der Waals surface area (Å²) in [5.41, 5.74) is 4.94. The molecule has 0 aliphatic rings. The van der Waals surface area contributed by atoms with Crippen LogP contribution in [0.4, 0.5) is 0 Å². The quantitative estimate of drug-likeness (QED) is 0.840. The topological polar surface area (TPSA) is 76.5 Å². The molecule has 0 fully saturated rings. The zero-order valence-corrected chi connectivity index (χ0v) is 12.8. The van der Waals surface area contributed by atoms with E-state index in [1.165, 1.54) is 10.4 Å². The van der Waals surface area contributed by atoms with E-state index in [0.29, 0.717) is 11.5 Å². The highest BCUT2D eigenvalue weighted by atomic mass is 32.2. The molecule has 0 atom stereocenters. The van der Waals surface area contributed by atoms with Crippen molar-refractivity contribution in [1.82, 2.24) is 4.31 Å². The van der Waals surface area contributed by atoms with Crippen LogP contribution in [0.3, 0.4) is 0 Å². The van der Waals surface area contributed by atoms with E-state index >= 15 is 0 Å². The third kappa shape index (κ3) is 3.26. The Balaban J connectivity index is 3.34. The first kappa shape index (κ1) is 15.9. The molecule has 2 N–H and O–H groups in total. The van der Waals surface area contributed by atoms with E-state index in [9.17, 15) is 8.42 Å². The fourth-order valence-corrected chi connectivity index (χ4v) is 3.79. The van der Waals surface area contributed by atoms with Crippen molar-refractivity contribution in [2.75, 3.05) is 6.54 Å². The molecule has 0 radical (unpaired) electrons. The van der Waals surface area contributed by atoms with Gasteiger partial charge in [-0.1, -0.05) is 6.08 Å². The molecular weight excluding hydrogens is 264 g/mol. The van der Waals surface area contributed by atoms with Crippen LogP contribution in [-0.2, 0) is 16.6 Å². The van der Waals surface area contributed by atoms with Crippen molar-refractivity contribution in [3.63, 3.8) is 0 Å². The molecule has 0 amide bonds. The highest BCUT2D eigenvalue weighted by molar-refractivity contribution is 7.89. The molecule has 0 aromatic carbocycles. The minimum atomic E-state index is -3.63. The number of sulfonamides is 1. The van der Waals surface area contributed by atoms with Crippen molar-refractivity contribution in [3.05, 3.63) is 30.2 Å². The summed E-state index contributed by atoms with van der Waals surface area (Å²) in [5.74, 6) is 0.822. The summed E-state index contributed by atoms with van der Waals surface area (Å²) in [6.45, 7) is 11.2. The highest BCUT2D eigenvalue weighted by Crippen LogP contribution is 2.28. The minimum Gasteiger partial charge on any atom is -0.464 e. The maximum absolute atomic E-state index is 12.7. The Bertz CT molecular complexity index is 553. The van der Waals surface area contributed by atoms with Crippen LogP contribution in [0.1, 0.15) is 32.3 Å². The lowest BCUT2D eigenvalue weighted by atomic mass is 10.1. The molecule has 0 bridgehead atoms. The molecule has 0 saturated carbocycles. The largest absolute Gasteiger partial charge is 0.464 e. The van der Waals surface area contributed by atoms with Gasteiger partial charge >= 0.3 is 0 Å². The number of furan rings is 1. The molecule has 0 spiro atoms. The van der Waals surface area contributed by atoms with Crippen LogP contribution >= 0.6 is 0 Å². The van der Waals surface area contributed by atoms with Crippen molar-refractivity contribution in [2.24, 2.45) is 5.73 Å². The molecule has 108 valence electrons. The van der Waals surface area contributed by atoms with Crippen molar-refractivity contribution in [2.45, 2.75) is 44.7 Å². The average molecular weight is 286 g/mol. The number of hydrogen-bond donors (Lipinski definition) is 1. The van der Waals surface area contributed by atoms with E-state index in [4.69, 9.17) is 10.2 Å². The van der Waals surface area contributed by atoms with Gasteiger partial charge in [-0.15, -0.1) is 6.58 Å².